The van der Waals surface area contributed by atoms with Gasteiger partial charge < -0.3 is 5.32 Å². The van der Waals surface area contributed by atoms with Crippen LogP contribution in [0.2, 0.25) is 5.02 Å². The topological polar surface area (TPSA) is 68.1 Å². The van der Waals surface area contributed by atoms with Crippen LogP contribution in [0.4, 0.5) is 10.8 Å². The molecule has 0 unspecified atom stereocenters. The van der Waals surface area contributed by atoms with Gasteiger partial charge in [-0.05, 0) is 18.9 Å². The minimum atomic E-state index is -0.437. The Bertz CT molecular complexity index is 637. The third-order valence-corrected chi connectivity index (χ3v) is 4.47. The van der Waals surface area contributed by atoms with Gasteiger partial charge in [0.05, 0.1) is 9.62 Å². The first-order valence-electron chi connectivity index (χ1n) is 6.14. The average molecular weight is 298 g/mol. The van der Waals surface area contributed by atoms with Crippen molar-refractivity contribution in [1.29, 1.82) is 0 Å². The predicted octanol–water partition coefficient (Wildman–Crippen LogP) is 4.21. The fourth-order valence-electron chi connectivity index (χ4n) is 2.42. The molecule has 0 amide bonds. The maximum atomic E-state index is 11.0. The number of nitro groups is 1. The zero-order valence-corrected chi connectivity index (χ0v) is 11.6. The van der Waals surface area contributed by atoms with E-state index >= 15 is 0 Å². The van der Waals surface area contributed by atoms with Crippen LogP contribution in [0, 0.1) is 10.1 Å². The van der Waals surface area contributed by atoms with Crippen LogP contribution in [0.1, 0.15) is 25.7 Å². The number of hydrogen-bond donors (Lipinski definition) is 1. The summed E-state index contributed by atoms with van der Waals surface area (Å²) in [7, 11) is 0. The van der Waals surface area contributed by atoms with Crippen molar-refractivity contribution in [2.24, 2.45) is 0 Å². The Hall–Kier alpha value is -1.40. The van der Waals surface area contributed by atoms with Crippen LogP contribution in [-0.2, 0) is 0 Å². The first kappa shape index (κ1) is 12.6. The molecule has 1 saturated carbocycles. The highest BCUT2D eigenvalue weighted by Gasteiger charge is 2.20. The van der Waals surface area contributed by atoms with Crippen LogP contribution < -0.4 is 5.32 Å². The number of halogens is 1. The maximum absolute atomic E-state index is 11.0. The number of nitrogens with one attached hydrogen (secondary N) is 1. The molecule has 3 rings (SSSR count). The van der Waals surface area contributed by atoms with Crippen molar-refractivity contribution >= 4 is 44.0 Å². The van der Waals surface area contributed by atoms with Crippen LogP contribution in [0.3, 0.4) is 0 Å². The molecule has 1 heterocycles. The van der Waals surface area contributed by atoms with Gasteiger partial charge in [0.15, 0.2) is 10.6 Å². The standard InChI is InChI=1S/C12H12ClN3O2S/c13-7-5-9(16(17)18)11-10(6-7)19-12(15-11)14-8-3-1-2-4-8/h5-6,8H,1-4H2,(H,14,15). The predicted molar refractivity (Wildman–Crippen MR) is 77.2 cm³/mol. The van der Waals surface area contributed by atoms with E-state index in [0.717, 1.165) is 22.7 Å². The molecule has 19 heavy (non-hydrogen) atoms. The Morgan fingerprint density at radius 2 is 2.16 bits per heavy atom. The fourth-order valence-corrected chi connectivity index (χ4v) is 3.71. The van der Waals surface area contributed by atoms with Crippen molar-refractivity contribution in [2.45, 2.75) is 31.7 Å². The second-order valence-corrected chi connectivity index (χ2v) is 6.14. The number of benzene rings is 1. The molecule has 0 atom stereocenters. The van der Waals surface area contributed by atoms with E-state index in [1.54, 1.807) is 6.07 Å². The molecule has 1 aliphatic rings. The number of rotatable bonds is 3. The molecule has 0 aliphatic heterocycles. The lowest BCUT2D eigenvalue weighted by molar-refractivity contribution is -0.383. The monoisotopic (exact) mass is 297 g/mol. The summed E-state index contributed by atoms with van der Waals surface area (Å²) in [6.45, 7) is 0. The van der Waals surface area contributed by atoms with Gasteiger partial charge >= 0.3 is 0 Å². The Morgan fingerprint density at radius 1 is 1.42 bits per heavy atom. The van der Waals surface area contributed by atoms with E-state index in [-0.39, 0.29) is 5.69 Å². The zero-order valence-electron chi connectivity index (χ0n) is 10.1. The van der Waals surface area contributed by atoms with E-state index in [9.17, 15) is 10.1 Å². The van der Waals surface area contributed by atoms with E-state index in [2.05, 4.69) is 10.3 Å². The van der Waals surface area contributed by atoms with Crippen molar-refractivity contribution in [3.05, 3.63) is 27.3 Å². The first-order valence-corrected chi connectivity index (χ1v) is 7.34. The summed E-state index contributed by atoms with van der Waals surface area (Å²) in [5, 5.41) is 15.5. The maximum Gasteiger partial charge on any atom is 0.297 e. The molecule has 1 N–H and O–H groups in total. The summed E-state index contributed by atoms with van der Waals surface area (Å²) in [6.07, 6.45) is 4.74. The van der Waals surface area contributed by atoms with Gasteiger partial charge in [-0.1, -0.05) is 35.8 Å². The van der Waals surface area contributed by atoms with Crippen LogP contribution in [0.15, 0.2) is 12.1 Å². The molecule has 0 saturated heterocycles. The number of nitro benzene ring substituents is 1. The van der Waals surface area contributed by atoms with E-state index in [4.69, 9.17) is 11.6 Å². The SMILES string of the molecule is O=[N+]([O-])c1cc(Cl)cc2sc(NC3CCCC3)nc12. The molecule has 5 nitrogen and oxygen atoms in total. The number of non-ortho nitro benzene ring substituents is 1. The third kappa shape index (κ3) is 2.50. The Kier molecular flexibility index (Phi) is 3.28. The molecule has 0 spiro atoms. The highest BCUT2D eigenvalue weighted by Crippen LogP contribution is 2.36. The molecule has 1 fully saturated rings. The lowest BCUT2D eigenvalue weighted by atomic mass is 10.3. The van der Waals surface area contributed by atoms with Crippen molar-refractivity contribution in [2.75, 3.05) is 5.32 Å². The molecule has 1 aromatic heterocycles. The lowest BCUT2D eigenvalue weighted by Gasteiger charge is -2.08. The molecule has 100 valence electrons. The summed E-state index contributed by atoms with van der Waals surface area (Å²) < 4.78 is 0.750. The van der Waals surface area contributed by atoms with Crippen LogP contribution in [-0.4, -0.2) is 15.9 Å². The minimum absolute atomic E-state index is 0.0294. The number of nitrogens with zero attached hydrogens (tertiary/aromatic N) is 2. The molecular weight excluding hydrogens is 286 g/mol. The number of fused-ring (bicyclic) bond motifs is 1. The van der Waals surface area contributed by atoms with Gasteiger partial charge in [-0.2, -0.15) is 0 Å². The van der Waals surface area contributed by atoms with Crippen LogP contribution in [0.5, 0.6) is 0 Å². The van der Waals surface area contributed by atoms with Gasteiger partial charge in [0.2, 0.25) is 0 Å². The molecule has 1 aliphatic carbocycles. The summed E-state index contributed by atoms with van der Waals surface area (Å²) in [6, 6.07) is 3.51. The lowest BCUT2D eigenvalue weighted by Crippen LogP contribution is -2.13. The molecule has 0 radical (unpaired) electrons. The van der Waals surface area contributed by atoms with Gasteiger partial charge in [0.1, 0.15) is 0 Å². The van der Waals surface area contributed by atoms with Crippen LogP contribution in [0.25, 0.3) is 10.2 Å². The van der Waals surface area contributed by atoms with Gasteiger partial charge in [0.25, 0.3) is 5.69 Å². The van der Waals surface area contributed by atoms with Gasteiger partial charge in [-0.15, -0.1) is 0 Å². The summed E-state index contributed by atoms with van der Waals surface area (Å²) in [5.74, 6) is 0. The number of thiazole rings is 1. The van der Waals surface area contributed by atoms with Crippen molar-refractivity contribution in [1.82, 2.24) is 4.98 Å². The van der Waals surface area contributed by atoms with E-state index in [1.807, 2.05) is 0 Å². The zero-order chi connectivity index (χ0) is 13.4. The van der Waals surface area contributed by atoms with Gasteiger partial charge in [0, 0.05) is 17.1 Å². The second-order valence-electron chi connectivity index (χ2n) is 4.67. The molecule has 2 aromatic rings. The molecule has 0 bridgehead atoms. The second kappa shape index (κ2) is 4.94. The Balaban J connectivity index is 1.99. The van der Waals surface area contributed by atoms with E-state index < -0.39 is 4.92 Å². The highest BCUT2D eigenvalue weighted by atomic mass is 35.5. The molecule has 1 aromatic carbocycles. The molecule has 7 heteroatoms. The normalized spacial score (nSPS) is 16.1. The van der Waals surface area contributed by atoms with E-state index in [0.29, 0.717) is 16.6 Å². The summed E-state index contributed by atoms with van der Waals surface area (Å²) in [4.78, 5) is 14.9. The number of hydrogen-bond acceptors (Lipinski definition) is 5. The summed E-state index contributed by atoms with van der Waals surface area (Å²) in [5.41, 5.74) is 0.387. The first-order chi connectivity index (χ1) is 9.13. The largest absolute Gasteiger partial charge is 0.359 e. The summed E-state index contributed by atoms with van der Waals surface area (Å²) >= 11 is 7.32. The smallest absolute Gasteiger partial charge is 0.297 e. The minimum Gasteiger partial charge on any atom is -0.359 e. The highest BCUT2D eigenvalue weighted by molar-refractivity contribution is 7.22. The van der Waals surface area contributed by atoms with Gasteiger partial charge in [-0.25, -0.2) is 4.98 Å². The number of anilines is 1. The van der Waals surface area contributed by atoms with Crippen molar-refractivity contribution < 1.29 is 4.92 Å². The third-order valence-electron chi connectivity index (χ3n) is 3.32. The quantitative estimate of drug-likeness (QED) is 0.680. The van der Waals surface area contributed by atoms with Gasteiger partial charge in [-0.3, -0.25) is 10.1 Å². The fraction of sp³-hybridized carbons (Fsp3) is 0.417. The average Bonchev–Trinajstić information content (AvgIpc) is 2.97. The van der Waals surface area contributed by atoms with Crippen LogP contribution >= 0.6 is 22.9 Å². The van der Waals surface area contributed by atoms with Crippen molar-refractivity contribution in [3.63, 3.8) is 0 Å². The Morgan fingerprint density at radius 3 is 2.84 bits per heavy atom. The van der Waals surface area contributed by atoms with Crippen molar-refractivity contribution in [3.8, 4) is 0 Å². The Labute approximate surface area is 118 Å². The number of aromatic nitrogens is 1. The molecular formula is C12H12ClN3O2S. The van der Waals surface area contributed by atoms with E-state index in [1.165, 1.54) is 30.2 Å².